The van der Waals surface area contributed by atoms with Crippen molar-refractivity contribution in [3.05, 3.63) is 47.3 Å². The summed E-state index contributed by atoms with van der Waals surface area (Å²) in [5, 5.41) is 7.37. The molecule has 0 atom stereocenters. The molecule has 0 spiro atoms. The van der Waals surface area contributed by atoms with Gasteiger partial charge < -0.3 is 5.32 Å². The molecule has 5 heteroatoms. The molecule has 0 radical (unpaired) electrons. The smallest absolute Gasteiger partial charge is 0.152 e. The lowest BCUT2D eigenvalue weighted by Gasteiger charge is -2.11. The molecule has 0 amide bonds. The maximum atomic E-state index is 14.2. The van der Waals surface area contributed by atoms with Gasteiger partial charge in [0.25, 0.3) is 0 Å². The minimum atomic E-state index is -0.603. The van der Waals surface area contributed by atoms with Crippen molar-refractivity contribution in [2.45, 2.75) is 46.2 Å². The van der Waals surface area contributed by atoms with Gasteiger partial charge in [0, 0.05) is 18.8 Å². The van der Waals surface area contributed by atoms with Crippen LogP contribution in [0.15, 0.2) is 24.4 Å². The van der Waals surface area contributed by atoms with E-state index in [1.165, 1.54) is 16.8 Å². The average Bonchev–Trinajstić information content (AvgIpc) is 2.85. The van der Waals surface area contributed by atoms with Crippen molar-refractivity contribution in [2.75, 3.05) is 0 Å². The van der Waals surface area contributed by atoms with E-state index in [9.17, 15) is 8.78 Å². The lowest BCUT2D eigenvalue weighted by Crippen LogP contribution is -2.22. The Hall–Kier alpha value is -1.75. The first-order valence-corrected chi connectivity index (χ1v) is 7.15. The zero-order valence-electron chi connectivity index (χ0n) is 12.8. The highest BCUT2D eigenvalue weighted by molar-refractivity contribution is 5.38. The number of hydrogen-bond donors (Lipinski definition) is 1. The van der Waals surface area contributed by atoms with Gasteiger partial charge >= 0.3 is 0 Å². The second-order valence-corrected chi connectivity index (χ2v) is 5.78. The molecule has 1 aromatic heterocycles. The second-order valence-electron chi connectivity index (χ2n) is 5.78. The molecule has 0 fully saturated rings. The maximum Gasteiger partial charge on any atom is 0.152 e. The normalized spacial score (nSPS) is 11.6. The third-order valence-electron chi connectivity index (χ3n) is 3.22. The molecule has 2 aromatic rings. The summed E-state index contributed by atoms with van der Waals surface area (Å²) in [6, 6.07) is 4.74. The molecule has 3 nitrogen and oxygen atoms in total. The lowest BCUT2D eigenvalue weighted by atomic mass is 10.1. The van der Waals surface area contributed by atoms with Gasteiger partial charge in [-0.25, -0.2) is 13.5 Å². The fourth-order valence-corrected chi connectivity index (χ4v) is 2.03. The van der Waals surface area contributed by atoms with Crippen LogP contribution in [0.1, 0.15) is 44.9 Å². The van der Waals surface area contributed by atoms with E-state index >= 15 is 0 Å². The number of halogens is 2. The van der Waals surface area contributed by atoms with E-state index in [0.29, 0.717) is 12.1 Å². The Morgan fingerprint density at radius 1 is 1.14 bits per heavy atom. The largest absolute Gasteiger partial charge is 0.310 e. The highest BCUT2D eigenvalue weighted by Gasteiger charge is 2.15. The van der Waals surface area contributed by atoms with Crippen molar-refractivity contribution < 1.29 is 8.78 Å². The Balaban J connectivity index is 2.31. The van der Waals surface area contributed by atoms with Gasteiger partial charge in [-0.1, -0.05) is 27.7 Å². The van der Waals surface area contributed by atoms with Crippen molar-refractivity contribution in [3.63, 3.8) is 0 Å². The fourth-order valence-electron chi connectivity index (χ4n) is 2.03. The Morgan fingerprint density at radius 3 is 2.24 bits per heavy atom. The zero-order valence-corrected chi connectivity index (χ0v) is 12.8. The van der Waals surface area contributed by atoms with E-state index in [4.69, 9.17) is 0 Å². The summed E-state index contributed by atoms with van der Waals surface area (Å²) in [7, 11) is 0. The Bertz CT molecular complexity index is 595. The molecule has 0 saturated carbocycles. The van der Waals surface area contributed by atoms with Gasteiger partial charge in [-0.2, -0.15) is 5.10 Å². The standard InChI is InChI=1S/C16H21F2N3/c1-10(2)15-5-6-21(20-15)16-13(17)7-12(8-14(16)18)9-19-11(3)4/h5-8,10-11,19H,9H2,1-4H3. The SMILES string of the molecule is CC(C)NCc1cc(F)c(-n2ccc(C(C)C)n2)c(F)c1. The van der Waals surface area contributed by atoms with Gasteiger partial charge in [-0.15, -0.1) is 0 Å². The minimum Gasteiger partial charge on any atom is -0.310 e. The molecule has 0 aliphatic heterocycles. The maximum absolute atomic E-state index is 14.2. The van der Waals surface area contributed by atoms with Crippen LogP contribution in [0.3, 0.4) is 0 Å². The molecular weight excluding hydrogens is 272 g/mol. The van der Waals surface area contributed by atoms with Crippen molar-refractivity contribution in [1.29, 1.82) is 0 Å². The summed E-state index contributed by atoms with van der Waals surface area (Å²) in [6.45, 7) is 8.37. The first kappa shape index (κ1) is 15.6. The van der Waals surface area contributed by atoms with E-state index in [0.717, 1.165) is 5.69 Å². The quantitative estimate of drug-likeness (QED) is 0.909. The molecule has 114 valence electrons. The molecular formula is C16H21F2N3. The fraction of sp³-hybridized carbons (Fsp3) is 0.438. The van der Waals surface area contributed by atoms with E-state index in [1.54, 1.807) is 12.3 Å². The van der Waals surface area contributed by atoms with E-state index in [-0.39, 0.29) is 17.6 Å². The topological polar surface area (TPSA) is 29.9 Å². The summed E-state index contributed by atoms with van der Waals surface area (Å²) in [4.78, 5) is 0. The molecule has 1 heterocycles. The first-order valence-electron chi connectivity index (χ1n) is 7.15. The van der Waals surface area contributed by atoms with Crippen LogP contribution in [0.2, 0.25) is 0 Å². The van der Waals surface area contributed by atoms with Crippen molar-refractivity contribution >= 4 is 0 Å². The van der Waals surface area contributed by atoms with Crippen LogP contribution in [0, 0.1) is 11.6 Å². The van der Waals surface area contributed by atoms with Crippen LogP contribution < -0.4 is 5.32 Å². The number of hydrogen-bond acceptors (Lipinski definition) is 2. The summed E-state index contributed by atoms with van der Waals surface area (Å²) in [5.41, 5.74) is 1.26. The minimum absolute atomic E-state index is 0.129. The molecule has 0 aliphatic carbocycles. The first-order chi connectivity index (χ1) is 9.88. The number of benzene rings is 1. The molecule has 0 bridgehead atoms. The monoisotopic (exact) mass is 293 g/mol. The number of aromatic nitrogens is 2. The predicted octanol–water partition coefficient (Wildman–Crippen LogP) is 3.77. The summed E-state index contributed by atoms with van der Waals surface area (Å²) >= 11 is 0. The third kappa shape index (κ3) is 3.67. The number of nitrogens with zero attached hydrogens (tertiary/aromatic N) is 2. The Kier molecular flexibility index (Phi) is 4.73. The highest BCUT2D eigenvalue weighted by Crippen LogP contribution is 2.21. The van der Waals surface area contributed by atoms with Crippen LogP contribution in [0.5, 0.6) is 0 Å². The van der Waals surface area contributed by atoms with Crippen LogP contribution in [-0.2, 0) is 6.54 Å². The van der Waals surface area contributed by atoms with Crippen molar-refractivity contribution in [1.82, 2.24) is 15.1 Å². The second kappa shape index (κ2) is 6.35. The molecule has 0 saturated heterocycles. The molecule has 1 aromatic carbocycles. The predicted molar refractivity (Wildman–Crippen MR) is 79.5 cm³/mol. The molecule has 1 N–H and O–H groups in total. The van der Waals surface area contributed by atoms with Gasteiger partial charge in [-0.05, 0) is 29.7 Å². The van der Waals surface area contributed by atoms with Crippen molar-refractivity contribution in [3.8, 4) is 5.69 Å². The van der Waals surface area contributed by atoms with Gasteiger partial charge in [-0.3, -0.25) is 0 Å². The average molecular weight is 293 g/mol. The van der Waals surface area contributed by atoms with Gasteiger partial charge in [0.15, 0.2) is 11.6 Å². The van der Waals surface area contributed by atoms with E-state index in [2.05, 4.69) is 10.4 Å². The van der Waals surface area contributed by atoms with Crippen LogP contribution >= 0.6 is 0 Å². The van der Waals surface area contributed by atoms with Crippen molar-refractivity contribution in [2.24, 2.45) is 0 Å². The van der Waals surface area contributed by atoms with E-state index in [1.807, 2.05) is 27.7 Å². The molecule has 21 heavy (non-hydrogen) atoms. The zero-order chi connectivity index (χ0) is 15.6. The van der Waals surface area contributed by atoms with Crippen LogP contribution in [0.25, 0.3) is 5.69 Å². The number of rotatable bonds is 5. The summed E-state index contributed by atoms with van der Waals surface area (Å²) in [6.07, 6.45) is 1.59. The third-order valence-corrected chi connectivity index (χ3v) is 3.22. The molecule has 2 rings (SSSR count). The van der Waals surface area contributed by atoms with Gasteiger partial charge in [0.05, 0.1) is 5.69 Å². The summed E-state index contributed by atoms with van der Waals surface area (Å²) in [5.74, 6) is -0.991. The lowest BCUT2D eigenvalue weighted by molar-refractivity contribution is 0.544. The Morgan fingerprint density at radius 2 is 1.76 bits per heavy atom. The van der Waals surface area contributed by atoms with Gasteiger partial charge in [0.2, 0.25) is 0 Å². The number of nitrogens with one attached hydrogen (secondary N) is 1. The van der Waals surface area contributed by atoms with Gasteiger partial charge in [0.1, 0.15) is 5.69 Å². The Labute approximate surface area is 124 Å². The van der Waals surface area contributed by atoms with Crippen LogP contribution in [0.4, 0.5) is 8.78 Å². The van der Waals surface area contributed by atoms with E-state index < -0.39 is 11.6 Å². The molecule has 0 aliphatic rings. The summed E-state index contributed by atoms with van der Waals surface area (Å²) < 4.78 is 29.7. The molecule has 0 unspecified atom stereocenters. The highest BCUT2D eigenvalue weighted by atomic mass is 19.1. The van der Waals surface area contributed by atoms with Crippen LogP contribution in [-0.4, -0.2) is 15.8 Å².